The van der Waals surface area contributed by atoms with Crippen molar-refractivity contribution in [2.45, 2.75) is 70.9 Å². The first-order valence-electron chi connectivity index (χ1n) is 9.45. The molecule has 0 heterocycles. The summed E-state index contributed by atoms with van der Waals surface area (Å²) in [6.45, 7) is 5.63. The molecule has 2 amide bonds. The molecule has 2 rings (SSSR count). The van der Waals surface area contributed by atoms with E-state index in [2.05, 4.69) is 16.0 Å². The van der Waals surface area contributed by atoms with Gasteiger partial charge in [-0.3, -0.25) is 4.79 Å². The minimum absolute atomic E-state index is 0.144. The van der Waals surface area contributed by atoms with E-state index in [4.69, 9.17) is 4.74 Å². The standard InChI is InChI=1S/C20H31N3O3/c1-20(2,3)26-19(25)21-14-13-18(24)23-17-11-9-16(10-12-17)22-15-7-5-4-6-8-15/h9-12,15,22H,4-8,13-14H2,1-3H3,(H,21,25)(H,23,24). The Bertz CT molecular complexity index is 587. The Kier molecular flexibility index (Phi) is 7.30. The number of rotatable bonds is 6. The maximum absolute atomic E-state index is 12.0. The number of anilines is 2. The van der Waals surface area contributed by atoms with Crippen LogP contribution in [0.5, 0.6) is 0 Å². The maximum atomic E-state index is 12.0. The summed E-state index contributed by atoms with van der Waals surface area (Å²) >= 11 is 0. The van der Waals surface area contributed by atoms with E-state index in [0.29, 0.717) is 6.04 Å². The van der Waals surface area contributed by atoms with Gasteiger partial charge in [-0.1, -0.05) is 19.3 Å². The second-order valence-corrected chi connectivity index (χ2v) is 7.78. The molecule has 1 aromatic carbocycles. The van der Waals surface area contributed by atoms with Gasteiger partial charge in [0.05, 0.1) is 0 Å². The van der Waals surface area contributed by atoms with Gasteiger partial charge in [-0.25, -0.2) is 4.79 Å². The Morgan fingerprint density at radius 3 is 2.27 bits per heavy atom. The fourth-order valence-corrected chi connectivity index (χ4v) is 2.95. The first-order chi connectivity index (χ1) is 12.3. The summed E-state index contributed by atoms with van der Waals surface area (Å²) in [6, 6.07) is 8.32. The molecule has 0 aliphatic heterocycles. The number of carbonyl (C=O) groups excluding carboxylic acids is 2. The monoisotopic (exact) mass is 361 g/mol. The van der Waals surface area contributed by atoms with Crippen LogP contribution in [-0.4, -0.2) is 30.2 Å². The maximum Gasteiger partial charge on any atom is 0.407 e. The molecular formula is C20H31N3O3. The van der Waals surface area contributed by atoms with Crippen LogP contribution in [0.15, 0.2) is 24.3 Å². The molecule has 1 aromatic rings. The van der Waals surface area contributed by atoms with E-state index < -0.39 is 11.7 Å². The molecule has 0 bridgehead atoms. The van der Waals surface area contributed by atoms with Crippen molar-refractivity contribution in [3.8, 4) is 0 Å². The average Bonchev–Trinajstić information content (AvgIpc) is 2.56. The van der Waals surface area contributed by atoms with Gasteiger partial charge in [0.15, 0.2) is 0 Å². The zero-order valence-corrected chi connectivity index (χ0v) is 16.1. The van der Waals surface area contributed by atoms with Gasteiger partial charge in [0, 0.05) is 30.4 Å². The van der Waals surface area contributed by atoms with Gasteiger partial charge < -0.3 is 20.7 Å². The smallest absolute Gasteiger partial charge is 0.407 e. The van der Waals surface area contributed by atoms with Gasteiger partial charge in [-0.05, 0) is 57.9 Å². The number of benzene rings is 1. The predicted molar refractivity (Wildman–Crippen MR) is 104 cm³/mol. The molecule has 3 N–H and O–H groups in total. The molecular weight excluding hydrogens is 330 g/mol. The highest BCUT2D eigenvalue weighted by Gasteiger charge is 2.16. The van der Waals surface area contributed by atoms with Crippen LogP contribution in [-0.2, 0) is 9.53 Å². The van der Waals surface area contributed by atoms with Crippen molar-refractivity contribution in [3.63, 3.8) is 0 Å². The van der Waals surface area contributed by atoms with Crippen molar-refractivity contribution < 1.29 is 14.3 Å². The lowest BCUT2D eigenvalue weighted by molar-refractivity contribution is -0.116. The fourth-order valence-electron chi connectivity index (χ4n) is 2.95. The summed E-state index contributed by atoms with van der Waals surface area (Å²) in [5, 5.41) is 8.97. The second kappa shape index (κ2) is 9.46. The molecule has 1 aliphatic rings. The number of hydrogen-bond acceptors (Lipinski definition) is 4. The van der Waals surface area contributed by atoms with Crippen LogP contribution in [0.1, 0.15) is 59.3 Å². The van der Waals surface area contributed by atoms with Crippen LogP contribution in [0.25, 0.3) is 0 Å². The first kappa shape index (κ1) is 20.1. The molecule has 0 spiro atoms. The molecule has 1 aliphatic carbocycles. The van der Waals surface area contributed by atoms with Crippen LogP contribution in [0.2, 0.25) is 0 Å². The van der Waals surface area contributed by atoms with Crippen LogP contribution < -0.4 is 16.0 Å². The van der Waals surface area contributed by atoms with E-state index in [0.717, 1.165) is 11.4 Å². The summed E-state index contributed by atoms with van der Waals surface area (Å²) in [4.78, 5) is 23.5. The SMILES string of the molecule is CC(C)(C)OC(=O)NCCC(=O)Nc1ccc(NC2CCCCC2)cc1. The molecule has 0 unspecified atom stereocenters. The van der Waals surface area contributed by atoms with Crippen molar-refractivity contribution in [1.29, 1.82) is 0 Å². The third-order valence-electron chi connectivity index (χ3n) is 4.16. The van der Waals surface area contributed by atoms with Crippen molar-refractivity contribution in [2.24, 2.45) is 0 Å². The van der Waals surface area contributed by atoms with Gasteiger partial charge in [0.1, 0.15) is 5.60 Å². The molecule has 0 aromatic heterocycles. The summed E-state index contributed by atoms with van der Waals surface area (Å²) < 4.78 is 5.12. The molecule has 6 heteroatoms. The molecule has 0 atom stereocenters. The summed E-state index contributed by atoms with van der Waals surface area (Å²) in [5.74, 6) is -0.144. The first-order valence-corrected chi connectivity index (χ1v) is 9.45. The highest BCUT2D eigenvalue weighted by molar-refractivity contribution is 5.91. The van der Waals surface area contributed by atoms with Crippen LogP contribution in [0, 0.1) is 0 Å². The van der Waals surface area contributed by atoms with Crippen molar-refractivity contribution in [1.82, 2.24) is 5.32 Å². The third-order valence-corrected chi connectivity index (χ3v) is 4.16. The quantitative estimate of drug-likeness (QED) is 0.706. The van der Waals surface area contributed by atoms with E-state index >= 15 is 0 Å². The van der Waals surface area contributed by atoms with Gasteiger partial charge in [-0.2, -0.15) is 0 Å². The van der Waals surface area contributed by atoms with Crippen LogP contribution >= 0.6 is 0 Å². The van der Waals surface area contributed by atoms with Gasteiger partial charge in [0.2, 0.25) is 5.91 Å². The number of alkyl carbamates (subject to hydrolysis) is 1. The number of hydrogen-bond donors (Lipinski definition) is 3. The average molecular weight is 361 g/mol. The molecule has 1 saturated carbocycles. The van der Waals surface area contributed by atoms with E-state index in [1.807, 2.05) is 24.3 Å². The van der Waals surface area contributed by atoms with Gasteiger partial charge >= 0.3 is 6.09 Å². The van der Waals surface area contributed by atoms with E-state index in [9.17, 15) is 9.59 Å². The lowest BCUT2D eigenvalue weighted by Gasteiger charge is -2.23. The van der Waals surface area contributed by atoms with E-state index in [1.165, 1.54) is 32.1 Å². The molecule has 0 saturated heterocycles. The minimum Gasteiger partial charge on any atom is -0.444 e. The lowest BCUT2D eigenvalue weighted by atomic mass is 9.95. The highest BCUT2D eigenvalue weighted by Crippen LogP contribution is 2.22. The minimum atomic E-state index is -0.542. The predicted octanol–water partition coefficient (Wildman–Crippen LogP) is 4.28. The van der Waals surface area contributed by atoms with E-state index in [1.54, 1.807) is 20.8 Å². The largest absolute Gasteiger partial charge is 0.444 e. The van der Waals surface area contributed by atoms with Crippen LogP contribution in [0.3, 0.4) is 0 Å². The van der Waals surface area contributed by atoms with Crippen molar-refractivity contribution in [2.75, 3.05) is 17.2 Å². The summed E-state index contributed by atoms with van der Waals surface area (Å²) in [5.41, 5.74) is 1.29. The van der Waals surface area contributed by atoms with Crippen LogP contribution in [0.4, 0.5) is 16.2 Å². The van der Waals surface area contributed by atoms with Crippen molar-refractivity contribution >= 4 is 23.4 Å². The zero-order chi connectivity index (χ0) is 19.0. The molecule has 0 radical (unpaired) electrons. The lowest BCUT2D eigenvalue weighted by Crippen LogP contribution is -2.34. The zero-order valence-electron chi connectivity index (χ0n) is 16.1. The fraction of sp³-hybridized carbons (Fsp3) is 0.600. The van der Waals surface area contributed by atoms with E-state index in [-0.39, 0.29) is 18.9 Å². The highest BCUT2D eigenvalue weighted by atomic mass is 16.6. The molecule has 144 valence electrons. The third kappa shape index (κ3) is 7.76. The Morgan fingerprint density at radius 1 is 1.04 bits per heavy atom. The molecule has 26 heavy (non-hydrogen) atoms. The topological polar surface area (TPSA) is 79.5 Å². The number of carbonyl (C=O) groups is 2. The van der Waals surface area contributed by atoms with Gasteiger partial charge in [0.25, 0.3) is 0 Å². The Labute approximate surface area is 156 Å². The Morgan fingerprint density at radius 2 is 1.65 bits per heavy atom. The normalized spacial score (nSPS) is 15.2. The number of nitrogens with one attached hydrogen (secondary N) is 3. The Balaban J connectivity index is 1.69. The molecule has 6 nitrogen and oxygen atoms in total. The molecule has 1 fully saturated rings. The van der Waals surface area contributed by atoms with Gasteiger partial charge in [-0.15, -0.1) is 0 Å². The summed E-state index contributed by atoms with van der Waals surface area (Å²) in [7, 11) is 0. The Hall–Kier alpha value is -2.24. The number of amides is 2. The summed E-state index contributed by atoms with van der Waals surface area (Å²) in [6.07, 6.45) is 6.06. The van der Waals surface area contributed by atoms with Crippen molar-refractivity contribution in [3.05, 3.63) is 24.3 Å². The second-order valence-electron chi connectivity index (χ2n) is 7.78. The number of ether oxygens (including phenoxy) is 1.